The van der Waals surface area contributed by atoms with E-state index >= 15 is 0 Å². The minimum absolute atomic E-state index is 0.197. The summed E-state index contributed by atoms with van der Waals surface area (Å²) < 4.78 is 5.41. The third kappa shape index (κ3) is 2.73. The van der Waals surface area contributed by atoms with E-state index in [1.807, 2.05) is 25.1 Å². The van der Waals surface area contributed by atoms with Gasteiger partial charge in [-0.1, -0.05) is 12.5 Å². The summed E-state index contributed by atoms with van der Waals surface area (Å²) in [7, 11) is 1.65. The number of ketones is 1. The van der Waals surface area contributed by atoms with E-state index in [2.05, 4.69) is 11.8 Å². The van der Waals surface area contributed by atoms with E-state index in [1.165, 1.54) is 19.3 Å². The van der Waals surface area contributed by atoms with Gasteiger partial charge in [-0.3, -0.25) is 4.79 Å². The Labute approximate surface area is 125 Å². The molecule has 2 bridgehead atoms. The fourth-order valence-corrected chi connectivity index (χ4v) is 5.33. The third-order valence-electron chi connectivity index (χ3n) is 4.53. The molecule has 20 heavy (non-hydrogen) atoms. The molecule has 0 saturated carbocycles. The molecule has 2 saturated heterocycles. The normalized spacial score (nSPS) is 29.0. The van der Waals surface area contributed by atoms with Crippen molar-refractivity contribution in [1.29, 1.82) is 0 Å². The number of carbonyl (C=O) groups is 1. The lowest BCUT2D eigenvalue weighted by Crippen LogP contribution is -2.33. The van der Waals surface area contributed by atoms with Crippen molar-refractivity contribution in [3.05, 3.63) is 29.3 Å². The highest BCUT2D eigenvalue weighted by molar-refractivity contribution is 8.00. The van der Waals surface area contributed by atoms with E-state index in [1.54, 1.807) is 7.11 Å². The molecule has 0 aliphatic carbocycles. The number of Topliss-reactive ketones (excluding diaryl/α,β-unsaturated/α-hetero) is 1. The predicted molar refractivity (Wildman–Crippen MR) is 83.8 cm³/mol. The predicted octanol–water partition coefficient (Wildman–Crippen LogP) is 4.25. The van der Waals surface area contributed by atoms with Crippen molar-refractivity contribution in [2.24, 2.45) is 5.92 Å². The Kier molecular flexibility index (Phi) is 4.06. The zero-order valence-corrected chi connectivity index (χ0v) is 13.0. The summed E-state index contributed by atoms with van der Waals surface area (Å²) in [6.45, 7) is 2.03. The lowest BCUT2D eigenvalue weighted by Gasteiger charge is -2.38. The Morgan fingerprint density at radius 1 is 1.25 bits per heavy atom. The van der Waals surface area contributed by atoms with E-state index in [4.69, 9.17) is 4.74 Å². The Balaban J connectivity index is 1.82. The second kappa shape index (κ2) is 5.80. The smallest absolute Gasteiger partial charge is 0.169 e. The van der Waals surface area contributed by atoms with Gasteiger partial charge in [-0.25, -0.2) is 0 Å². The Morgan fingerprint density at radius 3 is 2.60 bits per heavy atom. The van der Waals surface area contributed by atoms with E-state index < -0.39 is 0 Å². The van der Waals surface area contributed by atoms with Gasteiger partial charge in [-0.15, -0.1) is 0 Å². The average molecular weight is 290 g/mol. The van der Waals surface area contributed by atoms with Crippen LogP contribution in [0.25, 0.3) is 0 Å². The summed E-state index contributed by atoms with van der Waals surface area (Å²) in [5.41, 5.74) is 1.91. The number of hydrogen-bond acceptors (Lipinski definition) is 3. The lowest BCUT2D eigenvalue weighted by molar-refractivity contribution is 0.0893. The second-order valence-corrected chi connectivity index (χ2v) is 7.65. The molecule has 2 nitrogen and oxygen atoms in total. The fraction of sp³-hybridized carbons (Fsp3) is 0.588. The first kappa shape index (κ1) is 14.0. The Bertz CT molecular complexity index is 500. The van der Waals surface area contributed by atoms with Crippen molar-refractivity contribution in [1.82, 2.24) is 0 Å². The van der Waals surface area contributed by atoms with E-state index in [0.29, 0.717) is 16.3 Å². The van der Waals surface area contributed by atoms with Crippen LogP contribution in [0.4, 0.5) is 0 Å². The molecule has 1 aromatic carbocycles. The van der Waals surface area contributed by atoms with Crippen LogP contribution in [0.15, 0.2) is 18.2 Å². The van der Waals surface area contributed by atoms with Gasteiger partial charge in [0.2, 0.25) is 0 Å². The number of ether oxygens (including phenoxy) is 1. The number of carbonyl (C=O) groups excluding carboxylic acids is 1. The minimum Gasteiger partial charge on any atom is -0.496 e. The summed E-state index contributed by atoms with van der Waals surface area (Å²) in [5.74, 6) is 1.22. The van der Waals surface area contributed by atoms with E-state index in [0.717, 1.165) is 29.7 Å². The van der Waals surface area contributed by atoms with Gasteiger partial charge < -0.3 is 4.74 Å². The third-order valence-corrected chi connectivity index (χ3v) is 6.15. The topological polar surface area (TPSA) is 26.3 Å². The molecular weight excluding hydrogens is 268 g/mol. The van der Waals surface area contributed by atoms with Gasteiger partial charge in [0.05, 0.1) is 12.7 Å². The van der Waals surface area contributed by atoms with E-state index in [-0.39, 0.29) is 5.92 Å². The van der Waals surface area contributed by atoms with Crippen molar-refractivity contribution < 1.29 is 9.53 Å². The average Bonchev–Trinajstić information content (AvgIpc) is 2.46. The van der Waals surface area contributed by atoms with Gasteiger partial charge in [0.1, 0.15) is 5.75 Å². The van der Waals surface area contributed by atoms with Crippen molar-refractivity contribution in [3.8, 4) is 5.75 Å². The van der Waals surface area contributed by atoms with Crippen molar-refractivity contribution in [2.75, 3.05) is 7.11 Å². The molecule has 1 aromatic rings. The molecule has 2 heterocycles. The summed E-state index contributed by atoms with van der Waals surface area (Å²) in [6, 6.07) is 5.91. The molecule has 0 spiro atoms. The van der Waals surface area contributed by atoms with Crippen molar-refractivity contribution in [2.45, 2.75) is 49.5 Å². The van der Waals surface area contributed by atoms with Crippen LogP contribution in [-0.4, -0.2) is 23.4 Å². The number of thioether (sulfide) groups is 1. The molecule has 108 valence electrons. The first-order valence-electron chi connectivity index (χ1n) is 7.51. The number of benzene rings is 1. The van der Waals surface area contributed by atoms with Gasteiger partial charge in [0.25, 0.3) is 0 Å². The first-order valence-corrected chi connectivity index (χ1v) is 8.46. The molecule has 2 fully saturated rings. The second-order valence-electron chi connectivity index (χ2n) is 6.05. The molecule has 3 rings (SSSR count). The zero-order valence-electron chi connectivity index (χ0n) is 12.2. The lowest BCUT2D eigenvalue weighted by atomic mass is 9.84. The van der Waals surface area contributed by atoms with E-state index in [9.17, 15) is 4.79 Å². The summed E-state index contributed by atoms with van der Waals surface area (Å²) in [5, 5.41) is 1.40. The number of fused-ring (bicyclic) bond motifs is 2. The Morgan fingerprint density at radius 2 is 1.95 bits per heavy atom. The Hall–Kier alpha value is -0.960. The minimum atomic E-state index is 0.197. The molecule has 0 aromatic heterocycles. The van der Waals surface area contributed by atoms with Crippen LogP contribution in [0.2, 0.25) is 0 Å². The number of hydrogen-bond donors (Lipinski definition) is 0. The fourth-order valence-electron chi connectivity index (χ4n) is 3.50. The maximum Gasteiger partial charge on any atom is 0.169 e. The number of rotatable bonds is 3. The molecule has 0 N–H and O–H groups in total. The quantitative estimate of drug-likeness (QED) is 0.778. The molecule has 2 unspecified atom stereocenters. The van der Waals surface area contributed by atoms with Gasteiger partial charge >= 0.3 is 0 Å². The molecule has 2 aliphatic heterocycles. The number of aryl methyl sites for hydroxylation is 1. The van der Waals surface area contributed by atoms with Crippen molar-refractivity contribution in [3.63, 3.8) is 0 Å². The van der Waals surface area contributed by atoms with Crippen LogP contribution in [-0.2, 0) is 0 Å². The van der Waals surface area contributed by atoms with Crippen LogP contribution in [0.1, 0.15) is 48.0 Å². The monoisotopic (exact) mass is 290 g/mol. The van der Waals surface area contributed by atoms with Crippen LogP contribution >= 0.6 is 11.8 Å². The molecule has 0 amide bonds. The molecule has 3 heteroatoms. The van der Waals surface area contributed by atoms with Crippen molar-refractivity contribution >= 4 is 17.5 Å². The highest BCUT2D eigenvalue weighted by Gasteiger charge is 2.36. The standard InChI is InChI=1S/C17H22O2S/c1-11-6-7-15(16(8-11)19-2)17(18)12-9-13-4-3-5-14(10-12)20-13/h6-8,12-14H,3-5,9-10H2,1-2H3. The van der Waals surface area contributed by atoms with Gasteiger partial charge in [0.15, 0.2) is 5.78 Å². The summed E-state index contributed by atoms with van der Waals surface area (Å²) in [4.78, 5) is 12.8. The zero-order chi connectivity index (χ0) is 14.1. The molecular formula is C17H22O2S. The van der Waals surface area contributed by atoms with Gasteiger partial charge in [0, 0.05) is 16.4 Å². The maximum absolute atomic E-state index is 12.8. The van der Waals surface area contributed by atoms with Crippen LogP contribution < -0.4 is 4.74 Å². The SMILES string of the molecule is COc1cc(C)ccc1C(=O)C1CC2CCCC(C1)S2. The molecule has 0 radical (unpaired) electrons. The largest absolute Gasteiger partial charge is 0.496 e. The van der Waals surface area contributed by atoms with Crippen LogP contribution in [0, 0.1) is 12.8 Å². The van der Waals surface area contributed by atoms with Gasteiger partial charge in [-0.2, -0.15) is 11.8 Å². The molecule has 2 aliphatic rings. The van der Waals surface area contributed by atoms with Gasteiger partial charge in [-0.05, 0) is 50.3 Å². The van der Waals surface area contributed by atoms with Crippen LogP contribution in [0.5, 0.6) is 5.75 Å². The maximum atomic E-state index is 12.8. The first-order chi connectivity index (χ1) is 9.67. The number of methoxy groups -OCH3 is 1. The summed E-state index contributed by atoms with van der Waals surface area (Å²) >= 11 is 2.12. The highest BCUT2D eigenvalue weighted by atomic mass is 32.2. The molecule has 2 atom stereocenters. The summed E-state index contributed by atoms with van der Waals surface area (Å²) in [6.07, 6.45) is 6.02. The van der Waals surface area contributed by atoms with Crippen LogP contribution in [0.3, 0.4) is 0 Å². The highest BCUT2D eigenvalue weighted by Crippen LogP contribution is 2.45.